The van der Waals surface area contributed by atoms with Crippen LogP contribution < -0.4 is 5.32 Å². The predicted molar refractivity (Wildman–Crippen MR) is 103 cm³/mol. The van der Waals surface area contributed by atoms with Gasteiger partial charge in [0.1, 0.15) is 0 Å². The first-order chi connectivity index (χ1) is 12.5. The average Bonchev–Trinajstić information content (AvgIpc) is 3.09. The fourth-order valence-electron chi connectivity index (χ4n) is 2.27. The molecule has 1 aromatic heterocycles. The van der Waals surface area contributed by atoms with E-state index in [-0.39, 0.29) is 11.2 Å². The van der Waals surface area contributed by atoms with Gasteiger partial charge in [0.05, 0.1) is 10.9 Å². The van der Waals surface area contributed by atoms with Crippen molar-refractivity contribution in [3.63, 3.8) is 0 Å². The molecule has 0 spiro atoms. The fraction of sp³-hybridized carbons (Fsp3) is 0.222. The number of aryl methyl sites for hydroxylation is 1. The smallest absolute Gasteiger partial charge is 0.233 e. The SMILES string of the molecule is Cc1ccc(CNC(=O)[C@@H](C)Sc2nnnn2-c2cccc(Cl)c2)cc1. The molecular weight excluding hydrogens is 370 g/mol. The Morgan fingerprint density at radius 2 is 2.04 bits per heavy atom. The van der Waals surface area contributed by atoms with Crippen molar-refractivity contribution in [2.45, 2.75) is 30.8 Å². The zero-order chi connectivity index (χ0) is 18.5. The molecule has 0 fully saturated rings. The van der Waals surface area contributed by atoms with E-state index >= 15 is 0 Å². The molecule has 2 aromatic carbocycles. The second kappa shape index (κ2) is 8.33. The number of thioether (sulfide) groups is 1. The number of hydrogen-bond acceptors (Lipinski definition) is 5. The number of rotatable bonds is 6. The molecule has 1 amide bonds. The number of carbonyl (C=O) groups is 1. The van der Waals surface area contributed by atoms with Crippen molar-refractivity contribution in [1.29, 1.82) is 0 Å². The Hall–Kier alpha value is -2.38. The maximum atomic E-state index is 12.4. The summed E-state index contributed by atoms with van der Waals surface area (Å²) in [4.78, 5) is 12.4. The van der Waals surface area contributed by atoms with Crippen LogP contribution in [0.3, 0.4) is 0 Å². The van der Waals surface area contributed by atoms with Crippen molar-refractivity contribution in [3.05, 3.63) is 64.7 Å². The van der Waals surface area contributed by atoms with Crippen molar-refractivity contribution in [2.24, 2.45) is 0 Å². The fourth-order valence-corrected chi connectivity index (χ4v) is 3.29. The second-order valence-corrected chi connectivity index (χ2v) is 7.56. The Balaban J connectivity index is 1.63. The lowest BCUT2D eigenvalue weighted by molar-refractivity contribution is -0.120. The third-order valence-corrected chi connectivity index (χ3v) is 5.00. The predicted octanol–water partition coefficient (Wildman–Crippen LogP) is 3.42. The molecule has 0 aliphatic rings. The highest BCUT2D eigenvalue weighted by molar-refractivity contribution is 8.00. The summed E-state index contributed by atoms with van der Waals surface area (Å²) < 4.78 is 1.57. The van der Waals surface area contributed by atoms with Crippen LogP contribution >= 0.6 is 23.4 Å². The van der Waals surface area contributed by atoms with Gasteiger partial charge in [-0.15, -0.1) is 5.10 Å². The summed E-state index contributed by atoms with van der Waals surface area (Å²) in [6, 6.07) is 15.3. The zero-order valence-electron chi connectivity index (χ0n) is 14.4. The molecule has 134 valence electrons. The topological polar surface area (TPSA) is 72.7 Å². The molecular formula is C18H18ClN5OS. The molecule has 0 bridgehead atoms. The van der Waals surface area contributed by atoms with Gasteiger partial charge in [-0.2, -0.15) is 4.68 Å². The monoisotopic (exact) mass is 387 g/mol. The van der Waals surface area contributed by atoms with E-state index in [0.717, 1.165) is 11.3 Å². The molecule has 3 aromatic rings. The molecule has 8 heteroatoms. The van der Waals surface area contributed by atoms with Gasteiger partial charge >= 0.3 is 0 Å². The summed E-state index contributed by atoms with van der Waals surface area (Å²) in [6.45, 7) is 4.35. The van der Waals surface area contributed by atoms with E-state index in [1.54, 1.807) is 16.8 Å². The van der Waals surface area contributed by atoms with Crippen molar-refractivity contribution < 1.29 is 4.79 Å². The van der Waals surface area contributed by atoms with E-state index in [2.05, 4.69) is 20.8 Å². The summed E-state index contributed by atoms with van der Waals surface area (Å²) >= 11 is 7.32. The number of nitrogens with zero attached hydrogens (tertiary/aromatic N) is 4. The number of aromatic nitrogens is 4. The van der Waals surface area contributed by atoms with E-state index in [1.165, 1.54) is 17.3 Å². The minimum absolute atomic E-state index is 0.0729. The van der Waals surface area contributed by atoms with E-state index in [9.17, 15) is 4.79 Å². The lowest BCUT2D eigenvalue weighted by atomic mass is 10.1. The van der Waals surface area contributed by atoms with Crippen molar-refractivity contribution in [2.75, 3.05) is 0 Å². The van der Waals surface area contributed by atoms with Gasteiger partial charge < -0.3 is 5.32 Å². The van der Waals surface area contributed by atoms with Crippen molar-refractivity contribution >= 4 is 29.3 Å². The highest BCUT2D eigenvalue weighted by Crippen LogP contribution is 2.24. The molecule has 0 radical (unpaired) electrons. The number of carbonyl (C=O) groups excluding carboxylic acids is 1. The van der Waals surface area contributed by atoms with E-state index in [0.29, 0.717) is 16.7 Å². The minimum atomic E-state index is -0.343. The molecule has 1 N–H and O–H groups in total. The van der Waals surface area contributed by atoms with Crippen molar-refractivity contribution in [3.8, 4) is 5.69 Å². The Morgan fingerprint density at radius 1 is 1.27 bits per heavy atom. The lowest BCUT2D eigenvalue weighted by Crippen LogP contribution is -2.30. The first-order valence-electron chi connectivity index (χ1n) is 8.07. The van der Waals surface area contributed by atoms with Crippen LogP contribution in [0.5, 0.6) is 0 Å². The normalized spacial score (nSPS) is 12.0. The van der Waals surface area contributed by atoms with Crippen LogP contribution in [-0.2, 0) is 11.3 Å². The van der Waals surface area contributed by atoms with Gasteiger partial charge in [0.2, 0.25) is 11.1 Å². The van der Waals surface area contributed by atoms with Gasteiger partial charge in [-0.25, -0.2) is 0 Å². The van der Waals surface area contributed by atoms with Crippen LogP contribution in [-0.4, -0.2) is 31.4 Å². The Kier molecular flexibility index (Phi) is 5.90. The zero-order valence-corrected chi connectivity index (χ0v) is 16.0. The summed E-state index contributed by atoms with van der Waals surface area (Å²) in [7, 11) is 0. The van der Waals surface area contributed by atoms with Gasteiger partial charge in [-0.05, 0) is 48.0 Å². The third-order valence-electron chi connectivity index (χ3n) is 3.73. The van der Waals surface area contributed by atoms with Crippen molar-refractivity contribution in [1.82, 2.24) is 25.5 Å². The number of benzene rings is 2. The maximum absolute atomic E-state index is 12.4. The first kappa shape index (κ1) is 18.4. The van der Waals surface area contributed by atoms with Crippen LogP contribution in [0.1, 0.15) is 18.1 Å². The Labute approximate surface area is 160 Å². The molecule has 0 aliphatic heterocycles. The van der Waals surface area contributed by atoms with E-state index in [1.807, 2.05) is 50.2 Å². The first-order valence-corrected chi connectivity index (χ1v) is 9.33. The second-order valence-electron chi connectivity index (χ2n) is 5.82. The van der Waals surface area contributed by atoms with Crippen LogP contribution in [0.2, 0.25) is 5.02 Å². The van der Waals surface area contributed by atoms with Gasteiger partial charge in [0.25, 0.3) is 0 Å². The van der Waals surface area contributed by atoms with Crippen LogP contribution in [0.15, 0.2) is 53.7 Å². The molecule has 1 atom stereocenters. The standard InChI is InChI=1S/C18H18ClN5OS/c1-12-6-8-14(9-7-12)11-20-17(25)13(2)26-18-21-22-23-24(18)16-5-3-4-15(19)10-16/h3-10,13H,11H2,1-2H3,(H,20,25)/t13-/m1/s1. The molecule has 6 nitrogen and oxygen atoms in total. The number of amides is 1. The molecule has 0 aliphatic carbocycles. The lowest BCUT2D eigenvalue weighted by Gasteiger charge is -2.12. The van der Waals surface area contributed by atoms with E-state index < -0.39 is 0 Å². The largest absolute Gasteiger partial charge is 0.351 e. The summed E-state index contributed by atoms with van der Waals surface area (Å²) in [5.74, 6) is -0.0729. The highest BCUT2D eigenvalue weighted by Gasteiger charge is 2.19. The minimum Gasteiger partial charge on any atom is -0.351 e. The number of hydrogen-bond donors (Lipinski definition) is 1. The molecule has 1 heterocycles. The third kappa shape index (κ3) is 4.62. The average molecular weight is 388 g/mol. The van der Waals surface area contributed by atoms with Crippen LogP contribution in [0, 0.1) is 6.92 Å². The quantitative estimate of drug-likeness (QED) is 0.656. The molecule has 26 heavy (non-hydrogen) atoms. The van der Waals surface area contributed by atoms with Crippen LogP contribution in [0.4, 0.5) is 0 Å². The molecule has 0 saturated heterocycles. The Morgan fingerprint density at radius 3 is 2.77 bits per heavy atom. The summed E-state index contributed by atoms with van der Waals surface area (Å²) in [6.07, 6.45) is 0. The van der Waals surface area contributed by atoms with Crippen LogP contribution in [0.25, 0.3) is 5.69 Å². The molecule has 3 rings (SSSR count). The maximum Gasteiger partial charge on any atom is 0.233 e. The number of tetrazole rings is 1. The van der Waals surface area contributed by atoms with Gasteiger partial charge in [-0.1, -0.05) is 59.3 Å². The molecule has 0 unspecified atom stereocenters. The Bertz CT molecular complexity index is 897. The van der Waals surface area contributed by atoms with Gasteiger partial charge in [0.15, 0.2) is 0 Å². The van der Waals surface area contributed by atoms with Gasteiger partial charge in [0, 0.05) is 11.6 Å². The number of halogens is 1. The number of nitrogens with one attached hydrogen (secondary N) is 1. The highest BCUT2D eigenvalue weighted by atomic mass is 35.5. The van der Waals surface area contributed by atoms with Gasteiger partial charge in [-0.3, -0.25) is 4.79 Å². The summed E-state index contributed by atoms with van der Waals surface area (Å²) in [5.41, 5.74) is 3.00. The van der Waals surface area contributed by atoms with E-state index in [4.69, 9.17) is 11.6 Å². The molecule has 0 saturated carbocycles. The summed E-state index contributed by atoms with van der Waals surface area (Å²) in [5, 5.41) is 15.4.